The topological polar surface area (TPSA) is 60.8 Å². The highest BCUT2D eigenvalue weighted by molar-refractivity contribution is 6.35. The fourth-order valence-electron chi connectivity index (χ4n) is 4.65. The predicted molar refractivity (Wildman–Crippen MR) is 146 cm³/mol. The predicted octanol–water partition coefficient (Wildman–Crippen LogP) is 6.32. The van der Waals surface area contributed by atoms with Crippen LogP contribution >= 0.6 is 23.2 Å². The van der Waals surface area contributed by atoms with E-state index in [0.717, 1.165) is 34.0 Å². The molecule has 37 heavy (non-hydrogen) atoms. The number of carbonyl (C=O) groups excluding carboxylic acids is 2. The molecule has 2 heterocycles. The van der Waals surface area contributed by atoms with Gasteiger partial charge in [0.15, 0.2) is 0 Å². The Labute approximate surface area is 226 Å². The first kappa shape index (κ1) is 26.6. The smallest absolute Gasteiger partial charge is 0.340 e. The Bertz CT molecular complexity index is 1430. The molecule has 6 nitrogen and oxygen atoms in total. The van der Waals surface area contributed by atoms with Gasteiger partial charge in [0.2, 0.25) is 0 Å². The van der Waals surface area contributed by atoms with E-state index in [1.165, 1.54) is 7.11 Å². The minimum Gasteiger partial charge on any atom is -0.497 e. The van der Waals surface area contributed by atoms with Gasteiger partial charge in [0.05, 0.1) is 36.1 Å². The molecule has 0 N–H and O–H groups in total. The lowest BCUT2D eigenvalue weighted by molar-refractivity contribution is -0.136. The number of allylic oxidation sites excluding steroid dienone is 1. The van der Waals surface area contributed by atoms with Crippen molar-refractivity contribution in [3.8, 4) is 11.4 Å². The Balaban J connectivity index is 1.70. The molecule has 0 atom stereocenters. The van der Waals surface area contributed by atoms with Crippen molar-refractivity contribution in [1.29, 1.82) is 0 Å². The van der Waals surface area contributed by atoms with Gasteiger partial charge in [0, 0.05) is 28.7 Å². The van der Waals surface area contributed by atoms with E-state index in [0.29, 0.717) is 34.3 Å². The van der Waals surface area contributed by atoms with Gasteiger partial charge in [-0.2, -0.15) is 0 Å². The van der Waals surface area contributed by atoms with Gasteiger partial charge in [0.25, 0.3) is 5.91 Å². The van der Waals surface area contributed by atoms with Crippen molar-refractivity contribution in [3.05, 3.63) is 97.9 Å². The molecule has 0 spiro atoms. The third-order valence-corrected chi connectivity index (χ3v) is 7.14. The van der Waals surface area contributed by atoms with E-state index >= 15 is 0 Å². The van der Waals surface area contributed by atoms with E-state index in [4.69, 9.17) is 32.7 Å². The molecule has 0 fully saturated rings. The molecule has 0 saturated carbocycles. The van der Waals surface area contributed by atoms with Gasteiger partial charge in [-0.3, -0.25) is 4.79 Å². The quantitative estimate of drug-likeness (QED) is 0.260. The minimum absolute atomic E-state index is 0.235. The lowest BCUT2D eigenvalue weighted by Gasteiger charge is -2.18. The van der Waals surface area contributed by atoms with Crippen molar-refractivity contribution in [2.45, 2.75) is 27.2 Å². The molecule has 192 valence electrons. The van der Waals surface area contributed by atoms with E-state index in [1.54, 1.807) is 37.1 Å². The molecule has 1 amide bonds. The molecule has 0 unspecified atom stereocenters. The summed E-state index contributed by atoms with van der Waals surface area (Å²) in [5.41, 5.74) is 5.60. The summed E-state index contributed by atoms with van der Waals surface area (Å²) in [5.74, 6) is -0.00731. The second kappa shape index (κ2) is 10.9. The van der Waals surface area contributed by atoms with Crippen molar-refractivity contribution in [2.75, 3.05) is 20.8 Å². The maximum Gasteiger partial charge on any atom is 0.340 e. The number of hydrogen-bond acceptors (Lipinski definition) is 4. The van der Waals surface area contributed by atoms with Gasteiger partial charge >= 0.3 is 5.97 Å². The first-order chi connectivity index (χ1) is 17.7. The molecule has 2 aromatic carbocycles. The fourth-order valence-corrected chi connectivity index (χ4v) is 5.15. The Morgan fingerprint density at radius 3 is 2.32 bits per heavy atom. The first-order valence-corrected chi connectivity index (χ1v) is 12.5. The van der Waals surface area contributed by atoms with Crippen molar-refractivity contribution in [2.24, 2.45) is 0 Å². The van der Waals surface area contributed by atoms with E-state index in [-0.39, 0.29) is 11.5 Å². The minimum atomic E-state index is -0.543. The van der Waals surface area contributed by atoms with E-state index in [2.05, 4.69) is 0 Å². The summed E-state index contributed by atoms with van der Waals surface area (Å²) in [7, 11) is 2.94. The van der Waals surface area contributed by atoms with Crippen LogP contribution in [0.25, 0.3) is 11.8 Å². The number of rotatable bonds is 7. The number of hydrogen-bond donors (Lipinski definition) is 0. The molecule has 8 heteroatoms. The first-order valence-electron chi connectivity index (χ1n) is 11.8. The van der Waals surface area contributed by atoms with Crippen molar-refractivity contribution < 1.29 is 19.1 Å². The number of esters is 1. The number of aromatic nitrogens is 1. The van der Waals surface area contributed by atoms with E-state index in [9.17, 15) is 9.59 Å². The normalized spacial score (nSPS) is 14.6. The van der Waals surface area contributed by atoms with Crippen LogP contribution in [0.1, 0.15) is 29.4 Å². The summed E-state index contributed by atoms with van der Waals surface area (Å²) in [6.45, 7) is 6.10. The standard InChI is InChI=1S/C29H28Cl2N2O4/c1-17-14-21(18(2)33(17)26-11-8-22(30)16-25(26)31)15-24-27(29(35)37-5)19(3)32(28(24)34)13-12-20-6-9-23(36-4)10-7-20/h6-11,14-16H,12-13H2,1-5H3/b24-15-. The summed E-state index contributed by atoms with van der Waals surface area (Å²) >= 11 is 12.6. The molecular weight excluding hydrogens is 511 g/mol. The lowest BCUT2D eigenvalue weighted by Crippen LogP contribution is -2.27. The summed E-state index contributed by atoms with van der Waals surface area (Å²) in [4.78, 5) is 28.0. The molecule has 0 radical (unpaired) electrons. The van der Waals surface area contributed by atoms with Gasteiger partial charge in [-0.05, 0) is 80.8 Å². The van der Waals surface area contributed by atoms with Crippen molar-refractivity contribution in [1.82, 2.24) is 9.47 Å². The lowest BCUT2D eigenvalue weighted by atomic mass is 10.0. The summed E-state index contributed by atoms with van der Waals surface area (Å²) < 4.78 is 12.3. The monoisotopic (exact) mass is 538 g/mol. The number of methoxy groups -OCH3 is 2. The SMILES string of the molecule is COC(=O)C1=C(C)N(CCc2ccc(OC)cc2)C(=O)/C1=C\c1cc(C)n(-c2ccc(Cl)cc2Cl)c1C. The number of aryl methyl sites for hydroxylation is 1. The largest absolute Gasteiger partial charge is 0.497 e. The second-order valence-corrected chi connectivity index (χ2v) is 9.67. The molecule has 3 aromatic rings. The van der Waals surface area contributed by atoms with Crippen LogP contribution in [-0.4, -0.2) is 42.1 Å². The summed E-state index contributed by atoms with van der Waals surface area (Å²) in [6, 6.07) is 15.0. The maximum atomic E-state index is 13.6. The van der Waals surface area contributed by atoms with Crippen molar-refractivity contribution in [3.63, 3.8) is 0 Å². The van der Waals surface area contributed by atoms with Crippen LogP contribution in [0, 0.1) is 13.8 Å². The maximum absolute atomic E-state index is 13.6. The van der Waals surface area contributed by atoms with Gasteiger partial charge in [-0.25, -0.2) is 4.79 Å². The van der Waals surface area contributed by atoms with Crippen LogP contribution < -0.4 is 4.74 Å². The van der Waals surface area contributed by atoms with Crippen molar-refractivity contribution >= 4 is 41.2 Å². The van der Waals surface area contributed by atoms with E-state index in [1.807, 2.05) is 54.8 Å². The van der Waals surface area contributed by atoms with Crippen LogP contribution in [0.2, 0.25) is 10.0 Å². The number of carbonyl (C=O) groups is 2. The van der Waals surface area contributed by atoms with E-state index < -0.39 is 5.97 Å². The zero-order valence-electron chi connectivity index (χ0n) is 21.4. The van der Waals surface area contributed by atoms with Gasteiger partial charge in [0.1, 0.15) is 5.75 Å². The Morgan fingerprint density at radius 2 is 1.70 bits per heavy atom. The molecule has 1 aliphatic heterocycles. The van der Waals surface area contributed by atoms with Crippen LogP contribution in [-0.2, 0) is 20.7 Å². The summed E-state index contributed by atoms with van der Waals surface area (Å²) in [6.07, 6.45) is 2.38. The average molecular weight is 539 g/mol. The summed E-state index contributed by atoms with van der Waals surface area (Å²) in [5, 5.41) is 1.06. The molecule has 0 bridgehead atoms. The molecular formula is C29H28Cl2N2O4. The highest BCUT2D eigenvalue weighted by Gasteiger charge is 2.37. The molecule has 4 rings (SSSR count). The fraction of sp³-hybridized carbons (Fsp3) is 0.241. The highest BCUT2D eigenvalue weighted by atomic mass is 35.5. The average Bonchev–Trinajstić information content (AvgIpc) is 3.28. The van der Waals surface area contributed by atoms with Crippen LogP contribution in [0.4, 0.5) is 0 Å². The Kier molecular flexibility index (Phi) is 7.81. The number of halogens is 2. The number of ether oxygens (including phenoxy) is 2. The number of nitrogens with zero attached hydrogens (tertiary/aromatic N) is 2. The molecule has 0 aliphatic carbocycles. The highest BCUT2D eigenvalue weighted by Crippen LogP contribution is 2.34. The third-order valence-electron chi connectivity index (χ3n) is 6.60. The Morgan fingerprint density at radius 1 is 1.00 bits per heavy atom. The van der Waals surface area contributed by atoms with Gasteiger partial charge in [-0.15, -0.1) is 0 Å². The zero-order chi connectivity index (χ0) is 26.9. The molecule has 1 aromatic heterocycles. The molecule has 0 saturated heterocycles. The van der Waals surface area contributed by atoms with Crippen LogP contribution in [0.3, 0.4) is 0 Å². The van der Waals surface area contributed by atoms with Crippen LogP contribution in [0.5, 0.6) is 5.75 Å². The second-order valence-electron chi connectivity index (χ2n) is 8.82. The van der Waals surface area contributed by atoms with Gasteiger partial charge in [-0.1, -0.05) is 35.3 Å². The zero-order valence-corrected chi connectivity index (χ0v) is 22.9. The number of amides is 1. The number of benzene rings is 2. The van der Waals surface area contributed by atoms with Gasteiger partial charge < -0.3 is 18.9 Å². The van der Waals surface area contributed by atoms with Crippen LogP contribution in [0.15, 0.2) is 65.4 Å². The Hall–Kier alpha value is -3.48. The third kappa shape index (κ3) is 5.17. The molecule has 1 aliphatic rings.